The van der Waals surface area contributed by atoms with Crippen molar-refractivity contribution in [2.45, 2.75) is 19.3 Å². The van der Waals surface area contributed by atoms with E-state index in [1.54, 1.807) is 19.2 Å². The number of carbonyl (C=O) groups is 1. The van der Waals surface area contributed by atoms with Gasteiger partial charge in [-0.3, -0.25) is 4.79 Å². The normalized spacial score (nSPS) is 15.1. The first-order valence-corrected chi connectivity index (χ1v) is 5.43. The van der Waals surface area contributed by atoms with Crippen LogP contribution >= 0.6 is 11.6 Å². The molecule has 0 spiro atoms. The van der Waals surface area contributed by atoms with Crippen molar-refractivity contribution in [3.05, 3.63) is 28.8 Å². The van der Waals surface area contributed by atoms with Gasteiger partial charge in [0.05, 0.1) is 12.1 Å². The van der Waals surface area contributed by atoms with Crippen molar-refractivity contribution in [1.82, 2.24) is 0 Å². The zero-order chi connectivity index (χ0) is 10.8. The Morgan fingerprint density at radius 2 is 2.27 bits per heavy atom. The second kappa shape index (κ2) is 4.23. The van der Waals surface area contributed by atoms with Crippen molar-refractivity contribution >= 4 is 17.4 Å². The van der Waals surface area contributed by atoms with Crippen LogP contribution < -0.4 is 4.74 Å². The summed E-state index contributed by atoms with van der Waals surface area (Å²) < 4.78 is 5.05. The van der Waals surface area contributed by atoms with E-state index in [9.17, 15) is 4.79 Å². The molecule has 2 nitrogen and oxygen atoms in total. The van der Waals surface area contributed by atoms with E-state index >= 15 is 0 Å². The average molecular weight is 225 g/mol. The average Bonchev–Trinajstić information content (AvgIpc) is 3.01. The molecule has 0 aliphatic heterocycles. The SMILES string of the molecule is COc1ccc(CC(=O)C2CC2)cc1Cl. The van der Waals surface area contributed by atoms with Crippen molar-refractivity contribution < 1.29 is 9.53 Å². The van der Waals surface area contributed by atoms with Crippen LogP contribution in [0.5, 0.6) is 5.75 Å². The van der Waals surface area contributed by atoms with Crippen molar-refractivity contribution in [2.24, 2.45) is 5.92 Å². The molecular weight excluding hydrogens is 212 g/mol. The number of rotatable bonds is 4. The minimum atomic E-state index is 0.311. The molecule has 0 unspecified atom stereocenters. The van der Waals surface area contributed by atoms with Crippen LogP contribution in [0.2, 0.25) is 5.02 Å². The zero-order valence-electron chi connectivity index (χ0n) is 8.63. The molecule has 0 aromatic heterocycles. The lowest BCUT2D eigenvalue weighted by Crippen LogP contribution is -2.04. The number of hydrogen-bond donors (Lipinski definition) is 0. The maximum absolute atomic E-state index is 11.6. The molecular formula is C12H13ClO2. The lowest BCUT2D eigenvalue weighted by Gasteiger charge is -2.05. The summed E-state index contributed by atoms with van der Waals surface area (Å²) in [6.45, 7) is 0. The highest BCUT2D eigenvalue weighted by Gasteiger charge is 2.29. The standard InChI is InChI=1S/C12H13ClO2/c1-15-12-5-2-8(6-10(12)13)7-11(14)9-3-4-9/h2,5-6,9H,3-4,7H2,1H3. The Morgan fingerprint density at radius 3 is 2.80 bits per heavy atom. The molecule has 1 saturated carbocycles. The van der Waals surface area contributed by atoms with Crippen molar-refractivity contribution in [1.29, 1.82) is 0 Å². The van der Waals surface area contributed by atoms with Gasteiger partial charge < -0.3 is 4.74 Å². The Bertz CT molecular complexity index is 383. The smallest absolute Gasteiger partial charge is 0.140 e. The third-order valence-corrected chi connectivity index (χ3v) is 2.92. The number of methoxy groups -OCH3 is 1. The van der Waals surface area contributed by atoms with E-state index < -0.39 is 0 Å². The Balaban J connectivity index is 2.08. The van der Waals surface area contributed by atoms with Crippen LogP contribution in [0.1, 0.15) is 18.4 Å². The number of hydrogen-bond acceptors (Lipinski definition) is 2. The van der Waals surface area contributed by atoms with Gasteiger partial charge in [0, 0.05) is 12.3 Å². The summed E-state index contributed by atoms with van der Waals surface area (Å²) in [5, 5.41) is 0.568. The maximum Gasteiger partial charge on any atom is 0.140 e. The van der Waals surface area contributed by atoms with Gasteiger partial charge in [-0.25, -0.2) is 0 Å². The predicted molar refractivity (Wildman–Crippen MR) is 59.4 cm³/mol. The lowest BCUT2D eigenvalue weighted by atomic mass is 10.1. The largest absolute Gasteiger partial charge is 0.495 e. The van der Waals surface area contributed by atoms with Crippen LogP contribution in [0.15, 0.2) is 18.2 Å². The predicted octanol–water partition coefficient (Wildman–Crippen LogP) is 2.87. The minimum Gasteiger partial charge on any atom is -0.495 e. The molecule has 0 saturated heterocycles. The number of carbonyl (C=O) groups excluding carboxylic acids is 1. The molecule has 0 amide bonds. The first-order chi connectivity index (χ1) is 7.20. The monoisotopic (exact) mass is 224 g/mol. The highest BCUT2D eigenvalue weighted by Crippen LogP contribution is 2.32. The Labute approximate surface area is 94.2 Å². The molecule has 1 aromatic carbocycles. The number of halogens is 1. The highest BCUT2D eigenvalue weighted by molar-refractivity contribution is 6.32. The summed E-state index contributed by atoms with van der Waals surface area (Å²) in [4.78, 5) is 11.6. The summed E-state index contributed by atoms with van der Waals surface area (Å²) in [5.74, 6) is 1.29. The van der Waals surface area contributed by atoms with E-state index in [0.29, 0.717) is 28.9 Å². The van der Waals surface area contributed by atoms with Crippen molar-refractivity contribution in [3.63, 3.8) is 0 Å². The Kier molecular flexibility index (Phi) is 2.96. The molecule has 2 rings (SSSR count). The fourth-order valence-electron chi connectivity index (χ4n) is 1.57. The van der Waals surface area contributed by atoms with Crippen LogP contribution in [-0.4, -0.2) is 12.9 Å². The van der Waals surface area contributed by atoms with Gasteiger partial charge >= 0.3 is 0 Å². The van der Waals surface area contributed by atoms with Gasteiger partial charge in [0.25, 0.3) is 0 Å². The molecule has 0 radical (unpaired) electrons. The quantitative estimate of drug-likeness (QED) is 0.786. The van der Waals surface area contributed by atoms with Gasteiger partial charge in [-0.2, -0.15) is 0 Å². The van der Waals surface area contributed by atoms with E-state index in [2.05, 4.69) is 0 Å². The molecule has 3 heteroatoms. The van der Waals surface area contributed by atoms with Gasteiger partial charge in [0.2, 0.25) is 0 Å². The fraction of sp³-hybridized carbons (Fsp3) is 0.417. The van der Waals surface area contributed by atoms with Crippen molar-refractivity contribution in [2.75, 3.05) is 7.11 Å². The van der Waals surface area contributed by atoms with E-state index in [1.165, 1.54) is 0 Å². The second-order valence-electron chi connectivity index (χ2n) is 3.89. The third kappa shape index (κ3) is 2.51. The summed E-state index contributed by atoms with van der Waals surface area (Å²) in [6, 6.07) is 5.50. The van der Waals surface area contributed by atoms with E-state index in [4.69, 9.17) is 16.3 Å². The van der Waals surface area contributed by atoms with Gasteiger partial charge in [0.1, 0.15) is 11.5 Å². The maximum atomic E-state index is 11.6. The Hall–Kier alpha value is -1.02. The number of ether oxygens (including phenoxy) is 1. The van der Waals surface area contributed by atoms with Crippen LogP contribution in [0.4, 0.5) is 0 Å². The molecule has 0 atom stereocenters. The molecule has 1 aliphatic rings. The Morgan fingerprint density at radius 1 is 1.53 bits per heavy atom. The second-order valence-corrected chi connectivity index (χ2v) is 4.29. The minimum absolute atomic E-state index is 0.311. The number of ketones is 1. The summed E-state index contributed by atoms with van der Waals surface area (Å²) in [7, 11) is 1.58. The summed E-state index contributed by atoms with van der Waals surface area (Å²) >= 11 is 5.97. The molecule has 15 heavy (non-hydrogen) atoms. The number of benzene rings is 1. The molecule has 1 fully saturated rings. The van der Waals surface area contributed by atoms with E-state index in [1.807, 2.05) is 6.07 Å². The highest BCUT2D eigenvalue weighted by atomic mass is 35.5. The molecule has 1 aromatic rings. The van der Waals surface area contributed by atoms with Crippen LogP contribution in [0, 0.1) is 5.92 Å². The van der Waals surface area contributed by atoms with Gasteiger partial charge in [-0.05, 0) is 30.5 Å². The molecule has 0 bridgehead atoms. The van der Waals surface area contributed by atoms with Gasteiger partial charge in [0.15, 0.2) is 0 Å². The fourth-order valence-corrected chi connectivity index (χ4v) is 1.85. The first-order valence-electron chi connectivity index (χ1n) is 5.06. The first kappa shape index (κ1) is 10.5. The summed E-state index contributed by atoms with van der Waals surface area (Å²) in [6.07, 6.45) is 2.61. The van der Waals surface area contributed by atoms with Gasteiger partial charge in [-0.1, -0.05) is 17.7 Å². The zero-order valence-corrected chi connectivity index (χ0v) is 9.38. The lowest BCUT2D eigenvalue weighted by molar-refractivity contribution is -0.119. The topological polar surface area (TPSA) is 26.3 Å². The summed E-state index contributed by atoms with van der Waals surface area (Å²) in [5.41, 5.74) is 0.970. The van der Waals surface area contributed by atoms with Crippen LogP contribution in [0.3, 0.4) is 0 Å². The number of Topliss-reactive ketones (excluding diaryl/α,β-unsaturated/α-hetero) is 1. The third-order valence-electron chi connectivity index (χ3n) is 2.63. The van der Waals surface area contributed by atoms with E-state index in [-0.39, 0.29) is 0 Å². The molecule has 0 N–H and O–H groups in total. The van der Waals surface area contributed by atoms with Crippen molar-refractivity contribution in [3.8, 4) is 5.75 Å². The molecule has 80 valence electrons. The van der Waals surface area contributed by atoms with Crippen LogP contribution in [-0.2, 0) is 11.2 Å². The molecule has 0 heterocycles. The van der Waals surface area contributed by atoms with Gasteiger partial charge in [-0.15, -0.1) is 0 Å². The van der Waals surface area contributed by atoms with E-state index in [0.717, 1.165) is 18.4 Å². The van der Waals surface area contributed by atoms with Crippen LogP contribution in [0.25, 0.3) is 0 Å². The molecule has 1 aliphatic carbocycles.